The lowest BCUT2D eigenvalue weighted by molar-refractivity contribution is 0.0955. The van der Waals surface area contributed by atoms with Crippen LogP contribution in [0.5, 0.6) is 0 Å². The van der Waals surface area contributed by atoms with Gasteiger partial charge in [0, 0.05) is 12.0 Å². The first-order valence-electron chi connectivity index (χ1n) is 8.86. The van der Waals surface area contributed by atoms with Gasteiger partial charge >= 0.3 is 0 Å². The highest BCUT2D eigenvalue weighted by Crippen LogP contribution is 2.22. The van der Waals surface area contributed by atoms with E-state index in [1.54, 1.807) is 0 Å². The van der Waals surface area contributed by atoms with E-state index in [1.165, 1.54) is 57.8 Å². The highest BCUT2D eigenvalue weighted by atomic mass is 16.1. The summed E-state index contributed by atoms with van der Waals surface area (Å²) in [5.41, 5.74) is 0.876. The van der Waals surface area contributed by atoms with Crippen molar-refractivity contribution in [1.82, 2.24) is 0 Å². The van der Waals surface area contributed by atoms with Gasteiger partial charge in [-0.2, -0.15) is 0 Å². The Morgan fingerprint density at radius 3 is 2.19 bits per heavy atom. The molecular formula is C20H32O. The molecule has 0 fully saturated rings. The molecule has 0 saturated heterocycles. The van der Waals surface area contributed by atoms with Crippen LogP contribution in [-0.2, 0) is 0 Å². The SMILES string of the molecule is CCCCCCCCC(CCC)CC(=O)c1ccccc1. The summed E-state index contributed by atoms with van der Waals surface area (Å²) in [6.07, 6.45) is 12.4. The third kappa shape index (κ3) is 8.04. The number of hydrogen-bond donors (Lipinski definition) is 0. The zero-order chi connectivity index (χ0) is 15.3. The maximum Gasteiger partial charge on any atom is 0.163 e. The van der Waals surface area contributed by atoms with Crippen LogP contribution >= 0.6 is 0 Å². The van der Waals surface area contributed by atoms with Crippen molar-refractivity contribution in [2.45, 2.75) is 78.1 Å². The van der Waals surface area contributed by atoms with Crippen molar-refractivity contribution in [1.29, 1.82) is 0 Å². The highest BCUT2D eigenvalue weighted by Gasteiger charge is 2.14. The molecule has 0 bridgehead atoms. The van der Waals surface area contributed by atoms with E-state index in [0.29, 0.717) is 11.7 Å². The second-order valence-electron chi connectivity index (χ2n) is 6.20. The number of unbranched alkanes of at least 4 members (excludes halogenated alkanes) is 5. The molecule has 1 aromatic carbocycles. The van der Waals surface area contributed by atoms with Crippen molar-refractivity contribution >= 4 is 5.78 Å². The van der Waals surface area contributed by atoms with Crippen LogP contribution in [0.25, 0.3) is 0 Å². The summed E-state index contributed by atoms with van der Waals surface area (Å²) >= 11 is 0. The third-order valence-electron chi connectivity index (χ3n) is 4.23. The number of benzene rings is 1. The fourth-order valence-corrected chi connectivity index (χ4v) is 2.97. The second-order valence-corrected chi connectivity index (χ2v) is 6.20. The molecule has 1 atom stereocenters. The van der Waals surface area contributed by atoms with Gasteiger partial charge in [-0.05, 0) is 5.92 Å². The van der Waals surface area contributed by atoms with E-state index in [-0.39, 0.29) is 0 Å². The predicted molar refractivity (Wildman–Crippen MR) is 91.8 cm³/mol. The van der Waals surface area contributed by atoms with Gasteiger partial charge in [-0.15, -0.1) is 0 Å². The Bertz CT molecular complexity index is 369. The van der Waals surface area contributed by atoms with Crippen molar-refractivity contribution in [3.05, 3.63) is 35.9 Å². The maximum absolute atomic E-state index is 12.3. The van der Waals surface area contributed by atoms with Crippen LogP contribution in [0.4, 0.5) is 0 Å². The number of carbonyl (C=O) groups excluding carboxylic acids is 1. The standard InChI is InChI=1S/C20H32O/c1-3-5-6-7-8-10-14-18(13-4-2)17-20(21)19-15-11-9-12-16-19/h9,11-12,15-16,18H,3-8,10,13-14,17H2,1-2H3. The van der Waals surface area contributed by atoms with Crippen molar-refractivity contribution < 1.29 is 4.79 Å². The Labute approximate surface area is 131 Å². The molecule has 0 radical (unpaired) electrons. The summed E-state index contributed by atoms with van der Waals surface area (Å²) in [7, 11) is 0. The predicted octanol–water partition coefficient (Wildman–Crippen LogP) is 6.43. The second kappa shape index (κ2) is 11.5. The Kier molecular flexibility index (Phi) is 9.86. The average molecular weight is 288 g/mol. The Morgan fingerprint density at radius 1 is 0.857 bits per heavy atom. The molecule has 0 saturated carbocycles. The normalized spacial score (nSPS) is 12.3. The number of Topliss-reactive ketones (excluding diaryl/α,β-unsaturated/α-hetero) is 1. The van der Waals surface area contributed by atoms with Crippen LogP contribution in [0.1, 0.15) is 88.4 Å². The molecule has 1 aromatic rings. The van der Waals surface area contributed by atoms with Gasteiger partial charge in [-0.1, -0.05) is 102 Å². The number of ketones is 1. The molecule has 1 heteroatoms. The average Bonchev–Trinajstić information content (AvgIpc) is 2.51. The zero-order valence-corrected chi connectivity index (χ0v) is 13.9. The first kappa shape index (κ1) is 17.9. The van der Waals surface area contributed by atoms with Crippen LogP contribution < -0.4 is 0 Å². The summed E-state index contributed by atoms with van der Waals surface area (Å²) in [4.78, 5) is 12.3. The molecule has 0 aliphatic carbocycles. The fourth-order valence-electron chi connectivity index (χ4n) is 2.97. The van der Waals surface area contributed by atoms with Crippen molar-refractivity contribution in [3.63, 3.8) is 0 Å². The minimum absolute atomic E-state index is 0.319. The molecule has 1 rings (SSSR count). The van der Waals surface area contributed by atoms with Crippen LogP contribution in [-0.4, -0.2) is 5.78 Å². The molecule has 1 unspecified atom stereocenters. The lowest BCUT2D eigenvalue weighted by Gasteiger charge is -2.15. The Hall–Kier alpha value is -1.11. The van der Waals surface area contributed by atoms with Gasteiger partial charge in [0.1, 0.15) is 0 Å². The van der Waals surface area contributed by atoms with E-state index >= 15 is 0 Å². The monoisotopic (exact) mass is 288 g/mol. The summed E-state index contributed by atoms with van der Waals surface area (Å²) in [6.45, 7) is 4.48. The van der Waals surface area contributed by atoms with E-state index in [1.807, 2.05) is 30.3 Å². The highest BCUT2D eigenvalue weighted by molar-refractivity contribution is 5.96. The van der Waals surface area contributed by atoms with Gasteiger partial charge in [-0.3, -0.25) is 4.79 Å². The lowest BCUT2D eigenvalue weighted by Crippen LogP contribution is -2.09. The summed E-state index contributed by atoms with van der Waals surface area (Å²) < 4.78 is 0. The van der Waals surface area contributed by atoms with Gasteiger partial charge < -0.3 is 0 Å². The van der Waals surface area contributed by atoms with Gasteiger partial charge in [0.05, 0.1) is 0 Å². The first-order chi connectivity index (χ1) is 10.3. The molecule has 21 heavy (non-hydrogen) atoms. The molecule has 0 aliphatic rings. The molecule has 0 amide bonds. The lowest BCUT2D eigenvalue weighted by atomic mass is 9.89. The van der Waals surface area contributed by atoms with Crippen molar-refractivity contribution in [2.75, 3.05) is 0 Å². The van der Waals surface area contributed by atoms with Crippen molar-refractivity contribution in [2.24, 2.45) is 5.92 Å². The summed E-state index contributed by atoms with van der Waals surface area (Å²) in [5.74, 6) is 0.897. The van der Waals surface area contributed by atoms with Crippen LogP contribution in [0.2, 0.25) is 0 Å². The van der Waals surface area contributed by atoms with Crippen molar-refractivity contribution in [3.8, 4) is 0 Å². The van der Waals surface area contributed by atoms with Gasteiger partial charge in [0.15, 0.2) is 5.78 Å². The zero-order valence-electron chi connectivity index (χ0n) is 13.9. The molecule has 118 valence electrons. The maximum atomic E-state index is 12.3. The topological polar surface area (TPSA) is 17.1 Å². The van der Waals surface area contributed by atoms with Crippen LogP contribution in [0.3, 0.4) is 0 Å². The number of rotatable bonds is 12. The Morgan fingerprint density at radius 2 is 1.52 bits per heavy atom. The molecule has 0 spiro atoms. The van der Waals surface area contributed by atoms with E-state index in [9.17, 15) is 4.79 Å². The van der Waals surface area contributed by atoms with E-state index in [4.69, 9.17) is 0 Å². The van der Waals surface area contributed by atoms with Crippen LogP contribution in [0, 0.1) is 5.92 Å². The first-order valence-corrected chi connectivity index (χ1v) is 8.86. The number of hydrogen-bond acceptors (Lipinski definition) is 1. The third-order valence-corrected chi connectivity index (χ3v) is 4.23. The molecule has 0 aromatic heterocycles. The molecule has 1 nitrogen and oxygen atoms in total. The van der Waals surface area contributed by atoms with Gasteiger partial charge in [0.2, 0.25) is 0 Å². The molecule has 0 N–H and O–H groups in total. The smallest absolute Gasteiger partial charge is 0.163 e. The summed E-state index contributed by atoms with van der Waals surface area (Å²) in [5, 5.41) is 0. The van der Waals surface area contributed by atoms with E-state index in [2.05, 4.69) is 13.8 Å². The fraction of sp³-hybridized carbons (Fsp3) is 0.650. The van der Waals surface area contributed by atoms with E-state index in [0.717, 1.165) is 12.0 Å². The minimum atomic E-state index is 0.319. The minimum Gasteiger partial charge on any atom is -0.294 e. The molecule has 0 heterocycles. The van der Waals surface area contributed by atoms with Gasteiger partial charge in [0.25, 0.3) is 0 Å². The quantitative estimate of drug-likeness (QED) is 0.320. The van der Waals surface area contributed by atoms with E-state index < -0.39 is 0 Å². The largest absolute Gasteiger partial charge is 0.294 e. The number of carbonyl (C=O) groups is 1. The van der Waals surface area contributed by atoms with Crippen LogP contribution in [0.15, 0.2) is 30.3 Å². The Balaban J connectivity index is 2.30. The molecule has 0 aliphatic heterocycles. The molecular weight excluding hydrogens is 256 g/mol. The van der Waals surface area contributed by atoms with Gasteiger partial charge in [-0.25, -0.2) is 0 Å². The summed E-state index contributed by atoms with van der Waals surface area (Å²) in [6, 6.07) is 9.76.